The highest BCUT2D eigenvalue weighted by Crippen LogP contribution is 2.28. The van der Waals surface area contributed by atoms with Crippen molar-refractivity contribution in [2.45, 2.75) is 6.42 Å². The molecule has 0 saturated carbocycles. The molecule has 0 fully saturated rings. The van der Waals surface area contributed by atoms with Crippen molar-refractivity contribution < 1.29 is 9.84 Å². The van der Waals surface area contributed by atoms with Crippen LogP contribution in [-0.4, -0.2) is 43.5 Å². The van der Waals surface area contributed by atoms with E-state index in [9.17, 15) is 0 Å². The first-order valence-electron chi connectivity index (χ1n) is 5.65. The average molecular weight is 294 g/mol. The molecule has 0 aliphatic rings. The molecule has 0 bridgehead atoms. The van der Waals surface area contributed by atoms with Gasteiger partial charge in [-0.1, -0.05) is 23.2 Å². The zero-order valence-corrected chi connectivity index (χ0v) is 11.7. The molecule has 0 atom stereocenters. The monoisotopic (exact) mass is 293 g/mol. The number of halogens is 2. The number of ether oxygens (including phenoxy) is 1. The average Bonchev–Trinajstić information content (AvgIpc) is 2.36. The Bertz CT molecular complexity index is 378. The van der Waals surface area contributed by atoms with E-state index in [2.05, 4.69) is 15.6 Å². The van der Waals surface area contributed by atoms with Gasteiger partial charge in [0.1, 0.15) is 11.6 Å². The van der Waals surface area contributed by atoms with Crippen LogP contribution in [0, 0.1) is 0 Å². The first-order valence-corrected chi connectivity index (χ1v) is 6.41. The molecule has 5 nitrogen and oxygen atoms in total. The molecule has 1 heterocycles. The third-order valence-corrected chi connectivity index (χ3v) is 2.74. The Kier molecular flexibility index (Phi) is 7.12. The Labute approximate surface area is 116 Å². The van der Waals surface area contributed by atoms with Crippen LogP contribution in [0.4, 0.5) is 11.6 Å². The zero-order valence-electron chi connectivity index (χ0n) is 10.2. The van der Waals surface area contributed by atoms with Crippen molar-refractivity contribution in [2.75, 3.05) is 44.0 Å². The standard InChI is InChI=1S/C11H17Cl2N3O2/c1-14-10-8(12)7-9(13)11(16-10)15-3-2-5-18-6-4-17/h7,17H,2-6H2,1H3,(H2,14,15,16). The highest BCUT2D eigenvalue weighted by molar-refractivity contribution is 6.37. The molecule has 18 heavy (non-hydrogen) atoms. The van der Waals surface area contributed by atoms with Crippen LogP contribution in [0.1, 0.15) is 6.42 Å². The van der Waals surface area contributed by atoms with Crippen LogP contribution < -0.4 is 10.6 Å². The number of hydrogen-bond donors (Lipinski definition) is 3. The summed E-state index contributed by atoms with van der Waals surface area (Å²) in [6, 6.07) is 1.65. The van der Waals surface area contributed by atoms with Gasteiger partial charge in [-0.15, -0.1) is 0 Å². The third-order valence-electron chi connectivity index (χ3n) is 2.16. The zero-order chi connectivity index (χ0) is 13.4. The van der Waals surface area contributed by atoms with Gasteiger partial charge in [0, 0.05) is 20.2 Å². The van der Waals surface area contributed by atoms with Crippen LogP contribution in [0.15, 0.2) is 6.07 Å². The van der Waals surface area contributed by atoms with Crippen molar-refractivity contribution in [2.24, 2.45) is 0 Å². The van der Waals surface area contributed by atoms with Crippen molar-refractivity contribution in [3.8, 4) is 0 Å². The van der Waals surface area contributed by atoms with Crippen LogP contribution in [0.5, 0.6) is 0 Å². The topological polar surface area (TPSA) is 66.4 Å². The molecule has 102 valence electrons. The van der Waals surface area contributed by atoms with Gasteiger partial charge in [0.15, 0.2) is 0 Å². The van der Waals surface area contributed by atoms with Gasteiger partial charge in [0.05, 0.1) is 23.3 Å². The van der Waals surface area contributed by atoms with Gasteiger partial charge in [0.2, 0.25) is 0 Å². The molecule has 0 amide bonds. The smallest absolute Gasteiger partial charge is 0.147 e. The predicted octanol–water partition coefficient (Wildman–Crippen LogP) is 2.24. The summed E-state index contributed by atoms with van der Waals surface area (Å²) in [4.78, 5) is 4.26. The van der Waals surface area contributed by atoms with Gasteiger partial charge >= 0.3 is 0 Å². The Morgan fingerprint density at radius 3 is 2.67 bits per heavy atom. The molecule has 0 radical (unpaired) electrons. The lowest BCUT2D eigenvalue weighted by Gasteiger charge is -2.10. The number of aliphatic hydroxyl groups excluding tert-OH is 1. The quantitative estimate of drug-likeness (QED) is 0.642. The molecule has 0 aliphatic carbocycles. The summed E-state index contributed by atoms with van der Waals surface area (Å²) in [6.07, 6.45) is 0.801. The minimum absolute atomic E-state index is 0.0452. The van der Waals surface area contributed by atoms with E-state index in [1.54, 1.807) is 13.1 Å². The molecular formula is C11H17Cl2N3O2. The van der Waals surface area contributed by atoms with Crippen LogP contribution in [0.2, 0.25) is 10.0 Å². The van der Waals surface area contributed by atoms with E-state index < -0.39 is 0 Å². The molecule has 0 spiro atoms. The van der Waals surface area contributed by atoms with E-state index in [-0.39, 0.29) is 6.61 Å². The molecule has 0 aromatic carbocycles. The van der Waals surface area contributed by atoms with E-state index >= 15 is 0 Å². The van der Waals surface area contributed by atoms with Crippen LogP contribution >= 0.6 is 23.2 Å². The minimum Gasteiger partial charge on any atom is -0.394 e. The maximum absolute atomic E-state index is 8.53. The lowest BCUT2D eigenvalue weighted by atomic mass is 10.4. The largest absolute Gasteiger partial charge is 0.394 e. The van der Waals surface area contributed by atoms with Crippen molar-refractivity contribution in [1.29, 1.82) is 0 Å². The number of nitrogens with zero attached hydrogens (tertiary/aromatic N) is 1. The molecule has 7 heteroatoms. The molecule has 0 saturated heterocycles. The number of rotatable bonds is 8. The summed E-state index contributed by atoms with van der Waals surface area (Å²) in [7, 11) is 1.74. The Morgan fingerprint density at radius 1 is 1.28 bits per heavy atom. The molecule has 3 N–H and O–H groups in total. The number of hydrogen-bond acceptors (Lipinski definition) is 5. The van der Waals surface area contributed by atoms with Gasteiger partial charge in [0.25, 0.3) is 0 Å². The number of aromatic nitrogens is 1. The molecular weight excluding hydrogens is 277 g/mol. The molecule has 1 rings (SSSR count). The van der Waals surface area contributed by atoms with E-state index in [0.717, 1.165) is 6.42 Å². The molecule has 0 unspecified atom stereocenters. The number of anilines is 2. The Morgan fingerprint density at radius 2 is 2.00 bits per heavy atom. The van der Waals surface area contributed by atoms with Gasteiger partial charge < -0.3 is 20.5 Å². The van der Waals surface area contributed by atoms with Crippen molar-refractivity contribution >= 4 is 34.8 Å². The fraction of sp³-hybridized carbons (Fsp3) is 0.545. The second-order valence-electron chi connectivity index (χ2n) is 3.52. The summed E-state index contributed by atoms with van der Waals surface area (Å²) in [5, 5.41) is 15.5. The van der Waals surface area contributed by atoms with E-state index in [0.29, 0.717) is 41.4 Å². The molecule has 1 aromatic rings. The predicted molar refractivity (Wildman–Crippen MR) is 74.8 cm³/mol. The summed E-state index contributed by atoms with van der Waals surface area (Å²) >= 11 is 12.0. The third kappa shape index (κ3) is 4.86. The van der Waals surface area contributed by atoms with Crippen LogP contribution in [-0.2, 0) is 4.74 Å². The lowest BCUT2D eigenvalue weighted by Crippen LogP contribution is -2.09. The molecule has 1 aromatic heterocycles. The van der Waals surface area contributed by atoms with Crippen molar-refractivity contribution in [3.05, 3.63) is 16.1 Å². The normalized spacial score (nSPS) is 10.4. The summed E-state index contributed by atoms with van der Waals surface area (Å²) in [5.74, 6) is 1.17. The van der Waals surface area contributed by atoms with Crippen molar-refractivity contribution in [3.63, 3.8) is 0 Å². The maximum atomic E-state index is 8.53. The summed E-state index contributed by atoms with van der Waals surface area (Å²) in [5.41, 5.74) is 0. The first-order chi connectivity index (χ1) is 8.69. The van der Waals surface area contributed by atoms with Crippen molar-refractivity contribution in [1.82, 2.24) is 4.98 Å². The van der Waals surface area contributed by atoms with Crippen LogP contribution in [0.25, 0.3) is 0 Å². The van der Waals surface area contributed by atoms with Gasteiger partial charge in [-0.2, -0.15) is 0 Å². The second kappa shape index (κ2) is 8.37. The second-order valence-corrected chi connectivity index (χ2v) is 4.33. The summed E-state index contributed by atoms with van der Waals surface area (Å²) in [6.45, 7) is 1.67. The fourth-order valence-electron chi connectivity index (χ4n) is 1.31. The number of pyridine rings is 1. The van der Waals surface area contributed by atoms with E-state index in [1.807, 2.05) is 0 Å². The first kappa shape index (κ1) is 15.3. The number of aliphatic hydroxyl groups is 1. The SMILES string of the molecule is CNc1nc(NCCCOCCO)c(Cl)cc1Cl. The maximum Gasteiger partial charge on any atom is 0.147 e. The van der Waals surface area contributed by atoms with Gasteiger partial charge in [-0.05, 0) is 12.5 Å². The molecule has 0 aliphatic heterocycles. The van der Waals surface area contributed by atoms with E-state index in [1.165, 1.54) is 0 Å². The Balaban J connectivity index is 2.42. The Hall–Kier alpha value is -0.750. The summed E-state index contributed by atoms with van der Waals surface area (Å²) < 4.78 is 5.14. The van der Waals surface area contributed by atoms with Gasteiger partial charge in [-0.3, -0.25) is 0 Å². The van der Waals surface area contributed by atoms with Gasteiger partial charge in [-0.25, -0.2) is 4.98 Å². The minimum atomic E-state index is 0.0452. The fourth-order valence-corrected chi connectivity index (χ4v) is 1.83. The highest BCUT2D eigenvalue weighted by atomic mass is 35.5. The van der Waals surface area contributed by atoms with E-state index in [4.69, 9.17) is 33.0 Å². The lowest BCUT2D eigenvalue weighted by molar-refractivity contribution is 0.0922. The highest BCUT2D eigenvalue weighted by Gasteiger charge is 2.07. The number of nitrogens with one attached hydrogen (secondary N) is 2. The van der Waals surface area contributed by atoms with Crippen LogP contribution in [0.3, 0.4) is 0 Å².